The van der Waals surface area contributed by atoms with E-state index in [9.17, 15) is 0 Å². The summed E-state index contributed by atoms with van der Waals surface area (Å²) in [5.74, 6) is 0.799. The predicted molar refractivity (Wildman–Crippen MR) is 82.6 cm³/mol. The van der Waals surface area contributed by atoms with Gasteiger partial charge in [-0.2, -0.15) is 0 Å². The molecule has 0 fully saturated rings. The van der Waals surface area contributed by atoms with Gasteiger partial charge >= 0.3 is 0 Å². The third-order valence-electron chi connectivity index (χ3n) is 2.20. The van der Waals surface area contributed by atoms with E-state index in [2.05, 4.69) is 62.8 Å². The van der Waals surface area contributed by atoms with Gasteiger partial charge in [-0.3, -0.25) is 0 Å². The average Bonchev–Trinajstić information content (AvgIpc) is 2.30. The van der Waals surface area contributed by atoms with Crippen LogP contribution in [0.1, 0.15) is 5.56 Å². The van der Waals surface area contributed by atoms with Gasteiger partial charge in [0.05, 0.1) is 4.47 Å². The third kappa shape index (κ3) is 3.86. The van der Waals surface area contributed by atoms with Crippen LogP contribution in [0.2, 0.25) is 5.02 Å². The molecule has 0 heterocycles. The molecule has 4 heteroatoms. The van der Waals surface area contributed by atoms with Gasteiger partial charge in [0, 0.05) is 8.59 Å². The predicted octanol–water partition coefficient (Wildman–Crippen LogP) is 5.29. The minimum absolute atomic E-state index is 0.553. The quantitative estimate of drug-likeness (QED) is 0.610. The topological polar surface area (TPSA) is 9.23 Å². The Hall–Kier alpha value is -0.260. The van der Waals surface area contributed by atoms with Gasteiger partial charge in [-0.15, -0.1) is 0 Å². The molecule has 17 heavy (non-hydrogen) atoms. The molecular formula is C13H9BrClIO. The maximum Gasteiger partial charge on any atom is 0.134 e. The summed E-state index contributed by atoms with van der Waals surface area (Å²) in [7, 11) is 0. The van der Waals surface area contributed by atoms with Crippen molar-refractivity contribution in [3.63, 3.8) is 0 Å². The molecule has 0 spiro atoms. The van der Waals surface area contributed by atoms with Crippen molar-refractivity contribution in [3.8, 4) is 5.75 Å². The lowest BCUT2D eigenvalue weighted by molar-refractivity contribution is 0.304. The second-order valence-corrected chi connectivity index (χ2v) is 6.03. The fourth-order valence-electron chi connectivity index (χ4n) is 1.33. The van der Waals surface area contributed by atoms with Crippen LogP contribution in [0.25, 0.3) is 0 Å². The highest BCUT2D eigenvalue weighted by molar-refractivity contribution is 14.1. The molecule has 2 aromatic carbocycles. The second-order valence-electron chi connectivity index (χ2n) is 3.49. The van der Waals surface area contributed by atoms with E-state index in [1.807, 2.05) is 18.2 Å². The maximum atomic E-state index is 5.87. The summed E-state index contributed by atoms with van der Waals surface area (Å²) in [5, 5.41) is 0.693. The minimum Gasteiger partial charge on any atom is -0.488 e. The monoisotopic (exact) mass is 422 g/mol. The lowest BCUT2D eigenvalue weighted by Gasteiger charge is -2.08. The van der Waals surface area contributed by atoms with Crippen molar-refractivity contribution in [3.05, 3.63) is 61.1 Å². The summed E-state index contributed by atoms with van der Waals surface area (Å²) >= 11 is 11.6. The Morgan fingerprint density at radius 3 is 2.47 bits per heavy atom. The van der Waals surface area contributed by atoms with Gasteiger partial charge < -0.3 is 4.74 Å². The number of hydrogen-bond acceptors (Lipinski definition) is 1. The molecule has 0 atom stereocenters. The van der Waals surface area contributed by atoms with Crippen molar-refractivity contribution in [2.45, 2.75) is 6.61 Å². The molecule has 0 aliphatic carbocycles. The van der Waals surface area contributed by atoms with Crippen molar-refractivity contribution in [2.24, 2.45) is 0 Å². The SMILES string of the molecule is Clc1ccc(OCc2ccc(I)cc2)c(Br)c1. The van der Waals surface area contributed by atoms with Crippen LogP contribution in [0.3, 0.4) is 0 Å². The number of rotatable bonds is 3. The van der Waals surface area contributed by atoms with E-state index in [0.29, 0.717) is 11.6 Å². The highest BCUT2D eigenvalue weighted by Gasteiger charge is 2.02. The first-order valence-electron chi connectivity index (χ1n) is 4.97. The van der Waals surface area contributed by atoms with Gasteiger partial charge in [0.2, 0.25) is 0 Å². The highest BCUT2D eigenvalue weighted by Crippen LogP contribution is 2.28. The summed E-state index contributed by atoms with van der Waals surface area (Å²) in [6, 6.07) is 13.8. The lowest BCUT2D eigenvalue weighted by Crippen LogP contribution is -1.95. The molecule has 2 aromatic rings. The normalized spacial score (nSPS) is 10.3. The molecule has 0 saturated carbocycles. The zero-order chi connectivity index (χ0) is 12.3. The first kappa shape index (κ1) is 13.2. The van der Waals surface area contributed by atoms with Gasteiger partial charge in [0.25, 0.3) is 0 Å². The van der Waals surface area contributed by atoms with Gasteiger partial charge in [-0.05, 0) is 74.4 Å². The van der Waals surface area contributed by atoms with Crippen LogP contribution < -0.4 is 4.74 Å². The number of hydrogen-bond donors (Lipinski definition) is 0. The van der Waals surface area contributed by atoms with E-state index in [4.69, 9.17) is 16.3 Å². The first-order chi connectivity index (χ1) is 8.15. The van der Waals surface area contributed by atoms with Crippen molar-refractivity contribution >= 4 is 50.1 Å². The summed E-state index contributed by atoms with van der Waals surface area (Å²) < 4.78 is 7.80. The zero-order valence-electron chi connectivity index (χ0n) is 8.79. The Labute approximate surface area is 127 Å². The fraction of sp³-hybridized carbons (Fsp3) is 0.0769. The molecule has 2 rings (SSSR count). The second kappa shape index (κ2) is 6.07. The largest absolute Gasteiger partial charge is 0.488 e. The van der Waals surface area contributed by atoms with E-state index >= 15 is 0 Å². The Morgan fingerprint density at radius 2 is 1.82 bits per heavy atom. The Morgan fingerprint density at radius 1 is 1.12 bits per heavy atom. The van der Waals surface area contributed by atoms with Crippen LogP contribution in [0.5, 0.6) is 5.75 Å². The number of halogens is 3. The molecule has 0 amide bonds. The summed E-state index contributed by atoms with van der Waals surface area (Å²) in [4.78, 5) is 0. The van der Waals surface area contributed by atoms with E-state index in [1.54, 1.807) is 0 Å². The Balaban J connectivity index is 2.04. The zero-order valence-corrected chi connectivity index (χ0v) is 13.3. The van der Waals surface area contributed by atoms with Crippen LogP contribution in [0.4, 0.5) is 0 Å². The van der Waals surface area contributed by atoms with Crippen LogP contribution in [-0.4, -0.2) is 0 Å². The van der Waals surface area contributed by atoms with Gasteiger partial charge in [-0.1, -0.05) is 23.7 Å². The van der Waals surface area contributed by atoms with Crippen molar-refractivity contribution < 1.29 is 4.74 Å². The van der Waals surface area contributed by atoms with E-state index < -0.39 is 0 Å². The van der Waals surface area contributed by atoms with Crippen molar-refractivity contribution in [1.29, 1.82) is 0 Å². The van der Waals surface area contributed by atoms with Gasteiger partial charge in [0.1, 0.15) is 12.4 Å². The van der Waals surface area contributed by atoms with Crippen LogP contribution >= 0.6 is 50.1 Å². The van der Waals surface area contributed by atoms with Crippen LogP contribution in [0, 0.1) is 3.57 Å². The molecule has 0 N–H and O–H groups in total. The summed E-state index contributed by atoms with van der Waals surface area (Å²) in [6.45, 7) is 0.553. The molecule has 1 nitrogen and oxygen atoms in total. The smallest absolute Gasteiger partial charge is 0.134 e. The Kier molecular flexibility index (Phi) is 4.70. The van der Waals surface area contributed by atoms with Crippen LogP contribution in [0.15, 0.2) is 46.9 Å². The number of ether oxygens (including phenoxy) is 1. The van der Waals surface area contributed by atoms with Gasteiger partial charge in [0.15, 0.2) is 0 Å². The molecule has 0 saturated heterocycles. The maximum absolute atomic E-state index is 5.87. The molecule has 0 aromatic heterocycles. The van der Waals surface area contributed by atoms with E-state index in [0.717, 1.165) is 15.8 Å². The Bertz CT molecular complexity index is 513. The molecule has 0 unspecified atom stereocenters. The average molecular weight is 423 g/mol. The van der Waals surface area contributed by atoms with Gasteiger partial charge in [-0.25, -0.2) is 0 Å². The first-order valence-corrected chi connectivity index (χ1v) is 7.22. The summed E-state index contributed by atoms with van der Waals surface area (Å²) in [5.41, 5.74) is 1.15. The van der Waals surface area contributed by atoms with Crippen molar-refractivity contribution in [2.75, 3.05) is 0 Å². The molecule has 88 valence electrons. The summed E-state index contributed by atoms with van der Waals surface area (Å²) in [6.07, 6.45) is 0. The fourth-order valence-corrected chi connectivity index (χ4v) is 2.49. The number of benzene rings is 2. The standard InChI is InChI=1S/C13H9BrClIO/c14-12-7-10(15)3-6-13(12)17-8-9-1-4-11(16)5-2-9/h1-7H,8H2. The molecule has 0 aliphatic rings. The van der Waals surface area contributed by atoms with E-state index in [1.165, 1.54) is 3.57 Å². The molecule has 0 bridgehead atoms. The molecular weight excluding hydrogens is 414 g/mol. The lowest BCUT2D eigenvalue weighted by atomic mass is 10.2. The minimum atomic E-state index is 0.553. The van der Waals surface area contributed by atoms with Crippen LogP contribution in [-0.2, 0) is 6.61 Å². The van der Waals surface area contributed by atoms with Crippen molar-refractivity contribution in [1.82, 2.24) is 0 Å². The van der Waals surface area contributed by atoms with E-state index in [-0.39, 0.29) is 0 Å². The molecule has 0 radical (unpaired) electrons. The third-order valence-corrected chi connectivity index (χ3v) is 3.78. The highest BCUT2D eigenvalue weighted by atomic mass is 127. The molecule has 0 aliphatic heterocycles.